The van der Waals surface area contributed by atoms with E-state index in [-0.39, 0.29) is 5.82 Å². The Morgan fingerprint density at radius 2 is 2.25 bits per heavy atom. The smallest absolute Gasteiger partial charge is 0.240 e. The monoisotopic (exact) mass is 221 g/mol. The first-order valence-electron chi connectivity index (χ1n) is 4.98. The number of benzene rings is 1. The van der Waals surface area contributed by atoms with Crippen LogP contribution in [0, 0.1) is 12.7 Å². The van der Waals surface area contributed by atoms with Crippen LogP contribution < -0.4 is 5.32 Å². The molecule has 1 aromatic heterocycles. The van der Waals surface area contributed by atoms with Gasteiger partial charge in [-0.2, -0.15) is 4.98 Å². The summed E-state index contributed by atoms with van der Waals surface area (Å²) in [5.41, 5.74) is 0.885. The highest BCUT2D eigenvalue weighted by Gasteiger charge is 2.01. The molecule has 5 heteroatoms. The number of nitrogens with zero attached hydrogens (tertiary/aromatic N) is 2. The van der Waals surface area contributed by atoms with Crippen molar-refractivity contribution in [2.45, 2.75) is 20.0 Å². The zero-order valence-electron chi connectivity index (χ0n) is 8.90. The van der Waals surface area contributed by atoms with Crippen LogP contribution in [0.3, 0.4) is 0 Å². The molecule has 0 saturated carbocycles. The molecule has 0 unspecified atom stereocenters. The summed E-state index contributed by atoms with van der Waals surface area (Å²) in [6, 6.07) is 6.45. The SMILES string of the molecule is Cc1noc(CNCc2cccc(F)c2)n1. The van der Waals surface area contributed by atoms with Gasteiger partial charge in [0.2, 0.25) is 5.89 Å². The minimum absolute atomic E-state index is 0.229. The van der Waals surface area contributed by atoms with E-state index in [9.17, 15) is 4.39 Å². The van der Waals surface area contributed by atoms with E-state index in [0.717, 1.165) is 5.56 Å². The van der Waals surface area contributed by atoms with Crippen LogP contribution in [0.1, 0.15) is 17.3 Å². The Balaban J connectivity index is 1.84. The van der Waals surface area contributed by atoms with Crippen LogP contribution in [0.5, 0.6) is 0 Å². The standard InChI is InChI=1S/C11H12FN3O/c1-8-14-11(16-15-8)7-13-6-9-3-2-4-10(12)5-9/h2-5,13H,6-7H2,1H3. The molecule has 2 aromatic rings. The minimum atomic E-state index is -0.229. The van der Waals surface area contributed by atoms with Crippen molar-refractivity contribution in [3.8, 4) is 0 Å². The van der Waals surface area contributed by atoms with Gasteiger partial charge in [-0.15, -0.1) is 0 Å². The Morgan fingerprint density at radius 1 is 1.38 bits per heavy atom. The molecule has 0 fully saturated rings. The Labute approximate surface area is 92.5 Å². The van der Waals surface area contributed by atoms with Gasteiger partial charge in [-0.25, -0.2) is 4.39 Å². The third kappa shape index (κ3) is 2.87. The second-order valence-corrected chi connectivity index (χ2v) is 3.47. The molecule has 1 heterocycles. The molecule has 0 aliphatic carbocycles. The van der Waals surface area contributed by atoms with E-state index in [1.54, 1.807) is 13.0 Å². The van der Waals surface area contributed by atoms with E-state index in [2.05, 4.69) is 15.5 Å². The fraction of sp³-hybridized carbons (Fsp3) is 0.273. The van der Waals surface area contributed by atoms with Crippen LogP contribution >= 0.6 is 0 Å². The predicted molar refractivity (Wildman–Crippen MR) is 56.0 cm³/mol. The highest BCUT2D eigenvalue weighted by molar-refractivity contribution is 5.15. The first-order chi connectivity index (χ1) is 7.74. The Bertz CT molecular complexity index is 470. The van der Waals surface area contributed by atoms with Crippen LogP contribution in [0.4, 0.5) is 4.39 Å². The molecule has 16 heavy (non-hydrogen) atoms. The number of aryl methyl sites for hydroxylation is 1. The third-order valence-electron chi connectivity index (χ3n) is 2.06. The number of halogens is 1. The first-order valence-corrected chi connectivity index (χ1v) is 4.98. The maximum Gasteiger partial charge on any atom is 0.240 e. The number of nitrogens with one attached hydrogen (secondary N) is 1. The molecule has 0 spiro atoms. The summed E-state index contributed by atoms with van der Waals surface area (Å²) in [5.74, 6) is 0.921. The molecule has 1 aromatic carbocycles. The summed E-state index contributed by atoms with van der Waals surface area (Å²) in [4.78, 5) is 4.05. The Kier molecular flexibility index (Phi) is 3.26. The van der Waals surface area contributed by atoms with Gasteiger partial charge in [0.15, 0.2) is 5.82 Å². The molecule has 0 bridgehead atoms. The lowest BCUT2D eigenvalue weighted by atomic mass is 10.2. The highest BCUT2D eigenvalue weighted by atomic mass is 19.1. The van der Waals surface area contributed by atoms with Gasteiger partial charge in [-0.05, 0) is 24.6 Å². The third-order valence-corrected chi connectivity index (χ3v) is 2.06. The first kappa shape index (κ1) is 10.8. The molecule has 0 amide bonds. The van der Waals surface area contributed by atoms with Crippen molar-refractivity contribution in [2.75, 3.05) is 0 Å². The van der Waals surface area contributed by atoms with Crippen molar-refractivity contribution in [3.05, 3.63) is 47.4 Å². The number of aromatic nitrogens is 2. The van der Waals surface area contributed by atoms with Crippen molar-refractivity contribution in [1.29, 1.82) is 0 Å². The van der Waals surface area contributed by atoms with E-state index in [1.807, 2.05) is 6.07 Å². The second-order valence-electron chi connectivity index (χ2n) is 3.47. The van der Waals surface area contributed by atoms with Crippen molar-refractivity contribution in [1.82, 2.24) is 15.5 Å². The fourth-order valence-corrected chi connectivity index (χ4v) is 1.37. The molecule has 0 aliphatic heterocycles. The molecular formula is C11H12FN3O. The molecule has 1 N–H and O–H groups in total. The summed E-state index contributed by atoms with van der Waals surface area (Å²) in [6.07, 6.45) is 0. The van der Waals surface area contributed by atoms with Crippen molar-refractivity contribution in [2.24, 2.45) is 0 Å². The van der Waals surface area contributed by atoms with Gasteiger partial charge in [0.1, 0.15) is 5.82 Å². The topological polar surface area (TPSA) is 51.0 Å². The van der Waals surface area contributed by atoms with Gasteiger partial charge >= 0.3 is 0 Å². The van der Waals surface area contributed by atoms with Gasteiger partial charge in [-0.1, -0.05) is 17.3 Å². The number of hydrogen-bond acceptors (Lipinski definition) is 4. The van der Waals surface area contributed by atoms with Gasteiger partial charge in [-0.3, -0.25) is 0 Å². The zero-order valence-corrected chi connectivity index (χ0v) is 8.90. The summed E-state index contributed by atoms with van der Waals surface area (Å²) in [7, 11) is 0. The van der Waals surface area contributed by atoms with Crippen LogP contribution in [-0.2, 0) is 13.1 Å². The molecular weight excluding hydrogens is 209 g/mol. The summed E-state index contributed by atoms with van der Waals surface area (Å²) >= 11 is 0. The average Bonchev–Trinajstić information content (AvgIpc) is 2.64. The van der Waals surface area contributed by atoms with Gasteiger partial charge < -0.3 is 9.84 Å². The van der Waals surface area contributed by atoms with Gasteiger partial charge in [0.25, 0.3) is 0 Å². The molecule has 0 aliphatic rings. The lowest BCUT2D eigenvalue weighted by Gasteiger charge is -2.01. The zero-order chi connectivity index (χ0) is 11.4. The normalized spacial score (nSPS) is 10.6. The van der Waals surface area contributed by atoms with Crippen LogP contribution in [0.25, 0.3) is 0 Å². The van der Waals surface area contributed by atoms with Crippen molar-refractivity contribution >= 4 is 0 Å². The van der Waals surface area contributed by atoms with E-state index in [4.69, 9.17) is 4.52 Å². The molecule has 0 radical (unpaired) electrons. The lowest BCUT2D eigenvalue weighted by molar-refractivity contribution is 0.364. The van der Waals surface area contributed by atoms with Gasteiger partial charge in [0, 0.05) is 6.54 Å². The van der Waals surface area contributed by atoms with Crippen LogP contribution in [0.2, 0.25) is 0 Å². The average molecular weight is 221 g/mol. The van der Waals surface area contributed by atoms with E-state index in [1.165, 1.54) is 12.1 Å². The Hall–Kier alpha value is -1.75. The quantitative estimate of drug-likeness (QED) is 0.855. The molecule has 84 valence electrons. The maximum atomic E-state index is 12.9. The van der Waals surface area contributed by atoms with Gasteiger partial charge in [0.05, 0.1) is 6.54 Å². The summed E-state index contributed by atoms with van der Waals surface area (Å²) in [5, 5.41) is 6.77. The van der Waals surface area contributed by atoms with Crippen LogP contribution in [-0.4, -0.2) is 10.1 Å². The summed E-state index contributed by atoms with van der Waals surface area (Å²) in [6.45, 7) is 2.82. The van der Waals surface area contributed by atoms with E-state index in [0.29, 0.717) is 24.8 Å². The Morgan fingerprint density at radius 3 is 2.94 bits per heavy atom. The largest absolute Gasteiger partial charge is 0.338 e. The maximum absolute atomic E-state index is 12.9. The van der Waals surface area contributed by atoms with Crippen molar-refractivity contribution < 1.29 is 8.91 Å². The summed E-state index contributed by atoms with van der Waals surface area (Å²) < 4.78 is 17.8. The fourth-order valence-electron chi connectivity index (χ4n) is 1.37. The van der Waals surface area contributed by atoms with E-state index >= 15 is 0 Å². The highest BCUT2D eigenvalue weighted by Crippen LogP contribution is 2.03. The minimum Gasteiger partial charge on any atom is -0.338 e. The predicted octanol–water partition coefficient (Wildman–Crippen LogP) is 1.81. The molecule has 2 rings (SSSR count). The second kappa shape index (κ2) is 4.85. The molecule has 4 nitrogen and oxygen atoms in total. The van der Waals surface area contributed by atoms with E-state index < -0.39 is 0 Å². The van der Waals surface area contributed by atoms with Crippen molar-refractivity contribution in [3.63, 3.8) is 0 Å². The van der Waals surface area contributed by atoms with Crippen LogP contribution in [0.15, 0.2) is 28.8 Å². The number of rotatable bonds is 4. The molecule has 0 saturated heterocycles. The lowest BCUT2D eigenvalue weighted by Crippen LogP contribution is -2.13. The molecule has 0 atom stereocenters. The number of hydrogen-bond donors (Lipinski definition) is 1.